The summed E-state index contributed by atoms with van der Waals surface area (Å²) in [6.07, 6.45) is 2.36. The number of rotatable bonds is 3. The Morgan fingerprint density at radius 2 is 2.11 bits per heavy atom. The van der Waals surface area contributed by atoms with E-state index >= 15 is 0 Å². The number of carbonyl (C=O) groups excluding carboxylic acids is 1. The number of halogens is 2. The molecule has 0 bridgehead atoms. The van der Waals surface area contributed by atoms with Crippen LogP contribution in [0.1, 0.15) is 39.2 Å². The quantitative estimate of drug-likeness (QED) is 0.842. The highest BCUT2D eigenvalue weighted by atomic mass is 19.3. The first kappa shape index (κ1) is 17.6. The predicted octanol–water partition coefficient (Wildman–Crippen LogP) is 2.94. The first-order valence-electron chi connectivity index (χ1n) is 8.75. The molecule has 0 fully saturated rings. The van der Waals surface area contributed by atoms with Gasteiger partial charge in [0.15, 0.2) is 17.9 Å². The summed E-state index contributed by atoms with van der Waals surface area (Å²) < 4.78 is 34.3. The summed E-state index contributed by atoms with van der Waals surface area (Å²) in [4.78, 5) is 20.7. The summed E-state index contributed by atoms with van der Waals surface area (Å²) in [5.41, 5.74) is 7.09. The van der Waals surface area contributed by atoms with Gasteiger partial charge >= 0.3 is 5.92 Å². The van der Waals surface area contributed by atoms with E-state index in [2.05, 4.69) is 9.98 Å². The Morgan fingerprint density at radius 3 is 2.85 bits per heavy atom. The smallest absolute Gasteiger partial charge is 0.310 e. The standard InChI is InChI=1S/C20H19F2N3O2/c1-12-2-5-16(24-10-12)17(26)9-13-3-4-14-6-7-19(15(14)8-13)20(21,22)11-27-18(23)25-19/h2-5,8,10H,6-7,9,11H2,1H3,(H2,23,25)/t19-/m1/s1. The van der Waals surface area contributed by atoms with E-state index in [0.29, 0.717) is 23.2 Å². The van der Waals surface area contributed by atoms with Crippen LogP contribution in [0.4, 0.5) is 8.78 Å². The molecule has 140 valence electrons. The molecule has 0 saturated carbocycles. The highest BCUT2D eigenvalue weighted by Crippen LogP contribution is 2.52. The van der Waals surface area contributed by atoms with Gasteiger partial charge in [-0.1, -0.05) is 24.3 Å². The molecule has 2 N–H and O–H groups in total. The third kappa shape index (κ3) is 2.87. The molecule has 1 atom stereocenters. The maximum absolute atomic E-state index is 14.7. The number of aryl methyl sites for hydroxylation is 2. The lowest BCUT2D eigenvalue weighted by molar-refractivity contribution is -0.121. The number of ketones is 1. The molecule has 1 aromatic carbocycles. The van der Waals surface area contributed by atoms with E-state index in [1.165, 1.54) is 0 Å². The number of pyridine rings is 1. The van der Waals surface area contributed by atoms with Gasteiger partial charge in [-0.05, 0) is 48.1 Å². The Labute approximate surface area is 155 Å². The van der Waals surface area contributed by atoms with E-state index in [4.69, 9.17) is 10.5 Å². The Bertz CT molecular complexity index is 941. The van der Waals surface area contributed by atoms with Gasteiger partial charge in [-0.15, -0.1) is 0 Å². The summed E-state index contributed by atoms with van der Waals surface area (Å²) >= 11 is 0. The molecular formula is C20H19F2N3O2. The summed E-state index contributed by atoms with van der Waals surface area (Å²) in [6, 6.07) is 8.52. The van der Waals surface area contributed by atoms with Gasteiger partial charge in [0.1, 0.15) is 5.69 Å². The van der Waals surface area contributed by atoms with Gasteiger partial charge in [0, 0.05) is 12.6 Å². The second-order valence-corrected chi connectivity index (χ2v) is 7.12. The van der Waals surface area contributed by atoms with Gasteiger partial charge in [0.05, 0.1) is 0 Å². The SMILES string of the molecule is Cc1ccc(C(=O)Cc2ccc3c(c2)[C@@]2(CC3)N=C(N)OCC2(F)F)nc1. The lowest BCUT2D eigenvalue weighted by Gasteiger charge is -2.37. The van der Waals surface area contributed by atoms with Crippen LogP contribution < -0.4 is 5.73 Å². The van der Waals surface area contributed by atoms with Gasteiger partial charge in [-0.25, -0.2) is 4.99 Å². The minimum absolute atomic E-state index is 0.0840. The third-order valence-electron chi connectivity index (χ3n) is 5.25. The fourth-order valence-corrected chi connectivity index (χ4v) is 3.78. The van der Waals surface area contributed by atoms with Crippen LogP contribution in [-0.2, 0) is 23.1 Å². The first-order valence-corrected chi connectivity index (χ1v) is 8.75. The fourth-order valence-electron chi connectivity index (χ4n) is 3.78. The number of fused-ring (bicyclic) bond motifs is 2. The van der Waals surface area contributed by atoms with Crippen molar-refractivity contribution in [1.29, 1.82) is 0 Å². The molecule has 2 aromatic rings. The number of nitrogens with two attached hydrogens (primary N) is 1. The largest absolute Gasteiger partial charge is 0.459 e. The van der Waals surface area contributed by atoms with Gasteiger partial charge in [-0.3, -0.25) is 9.78 Å². The highest BCUT2D eigenvalue weighted by molar-refractivity contribution is 5.95. The fraction of sp³-hybridized carbons (Fsp3) is 0.350. The number of aliphatic imine (C=N–C) groups is 1. The number of benzene rings is 1. The van der Waals surface area contributed by atoms with Crippen molar-refractivity contribution in [1.82, 2.24) is 4.98 Å². The first-order chi connectivity index (χ1) is 12.8. The molecule has 2 heterocycles. The number of alkyl halides is 2. The molecule has 7 heteroatoms. The van der Waals surface area contributed by atoms with E-state index in [1.54, 1.807) is 30.5 Å². The molecule has 0 radical (unpaired) electrons. The van der Waals surface area contributed by atoms with Crippen molar-refractivity contribution < 1.29 is 18.3 Å². The molecule has 0 saturated heterocycles. The number of hydrogen-bond donors (Lipinski definition) is 1. The molecule has 2 aliphatic rings. The predicted molar refractivity (Wildman–Crippen MR) is 96.0 cm³/mol. The molecule has 0 unspecified atom stereocenters. The number of amidine groups is 1. The molecule has 1 aromatic heterocycles. The topological polar surface area (TPSA) is 77.6 Å². The van der Waals surface area contributed by atoms with Gasteiger partial charge < -0.3 is 10.5 Å². The second-order valence-electron chi connectivity index (χ2n) is 7.12. The number of hydrogen-bond acceptors (Lipinski definition) is 5. The number of ether oxygens (including phenoxy) is 1. The molecule has 1 aliphatic carbocycles. The summed E-state index contributed by atoms with van der Waals surface area (Å²) in [6.45, 7) is 1.10. The van der Waals surface area contributed by atoms with Crippen molar-refractivity contribution in [3.8, 4) is 0 Å². The van der Waals surface area contributed by atoms with Crippen molar-refractivity contribution in [2.24, 2.45) is 10.7 Å². The highest BCUT2D eigenvalue weighted by Gasteiger charge is 2.60. The summed E-state index contributed by atoms with van der Waals surface area (Å²) in [5, 5.41) is 0. The Kier molecular flexibility index (Phi) is 3.98. The van der Waals surface area contributed by atoms with E-state index < -0.39 is 18.1 Å². The monoisotopic (exact) mass is 371 g/mol. The lowest BCUT2D eigenvalue weighted by atomic mass is 9.84. The van der Waals surface area contributed by atoms with Gasteiger partial charge in [0.2, 0.25) is 0 Å². The number of nitrogens with zero attached hydrogens (tertiary/aromatic N) is 2. The van der Waals surface area contributed by atoms with Crippen LogP contribution in [0.2, 0.25) is 0 Å². The maximum Gasteiger partial charge on any atom is 0.310 e. The number of aromatic nitrogens is 1. The molecule has 1 aliphatic heterocycles. The molecule has 5 nitrogen and oxygen atoms in total. The normalized spacial score (nSPS) is 22.9. The van der Waals surface area contributed by atoms with Crippen molar-refractivity contribution in [3.05, 3.63) is 64.5 Å². The minimum atomic E-state index is -3.16. The van der Waals surface area contributed by atoms with Gasteiger partial charge in [-0.2, -0.15) is 8.78 Å². The van der Waals surface area contributed by atoms with E-state index in [-0.39, 0.29) is 24.6 Å². The lowest BCUT2D eigenvalue weighted by Crippen LogP contribution is -2.51. The van der Waals surface area contributed by atoms with Gasteiger partial charge in [0.25, 0.3) is 6.02 Å². The number of Topliss-reactive ketones (excluding diaryl/α,β-unsaturated/α-hetero) is 1. The number of carbonyl (C=O) groups is 1. The van der Waals surface area contributed by atoms with Crippen LogP contribution in [0.3, 0.4) is 0 Å². The van der Waals surface area contributed by atoms with Crippen LogP contribution >= 0.6 is 0 Å². The average molecular weight is 371 g/mol. The minimum Gasteiger partial charge on any atom is -0.459 e. The molecule has 27 heavy (non-hydrogen) atoms. The molecule has 1 spiro atoms. The third-order valence-corrected chi connectivity index (χ3v) is 5.25. The molecular weight excluding hydrogens is 352 g/mol. The van der Waals surface area contributed by atoms with Crippen LogP contribution in [0.5, 0.6) is 0 Å². The van der Waals surface area contributed by atoms with Crippen LogP contribution in [-0.4, -0.2) is 29.3 Å². The maximum atomic E-state index is 14.7. The Balaban J connectivity index is 1.68. The van der Waals surface area contributed by atoms with Crippen molar-refractivity contribution in [2.75, 3.05) is 6.61 Å². The molecule has 0 amide bonds. The second kappa shape index (κ2) is 6.11. The zero-order valence-corrected chi connectivity index (χ0v) is 14.8. The zero-order chi connectivity index (χ0) is 19.2. The van der Waals surface area contributed by atoms with Crippen LogP contribution in [0.15, 0.2) is 41.5 Å². The molecule has 4 rings (SSSR count). The Morgan fingerprint density at radius 1 is 1.30 bits per heavy atom. The van der Waals surface area contributed by atoms with Crippen molar-refractivity contribution in [2.45, 2.75) is 37.6 Å². The Hall–Kier alpha value is -2.83. The van der Waals surface area contributed by atoms with E-state index in [1.807, 2.05) is 13.0 Å². The zero-order valence-electron chi connectivity index (χ0n) is 14.8. The van der Waals surface area contributed by atoms with Crippen LogP contribution in [0, 0.1) is 6.92 Å². The summed E-state index contributed by atoms with van der Waals surface area (Å²) in [5.74, 6) is -3.33. The van der Waals surface area contributed by atoms with E-state index in [9.17, 15) is 13.6 Å². The van der Waals surface area contributed by atoms with Crippen molar-refractivity contribution in [3.63, 3.8) is 0 Å². The van der Waals surface area contributed by atoms with Crippen LogP contribution in [0.25, 0.3) is 0 Å². The summed E-state index contributed by atoms with van der Waals surface area (Å²) in [7, 11) is 0. The average Bonchev–Trinajstić information content (AvgIpc) is 2.99. The van der Waals surface area contributed by atoms with E-state index in [0.717, 1.165) is 11.1 Å². The van der Waals surface area contributed by atoms with Crippen molar-refractivity contribution >= 4 is 11.8 Å².